The molecule has 1 aliphatic rings. The minimum absolute atomic E-state index is 0.196. The number of benzene rings is 2. The molecular formula is C24H28F2. The molecule has 26 heavy (non-hydrogen) atoms. The molecule has 0 aliphatic heterocycles. The first-order valence-corrected chi connectivity index (χ1v) is 9.82. The molecule has 1 saturated carbocycles. The lowest BCUT2D eigenvalue weighted by Gasteiger charge is -2.26. The number of alkyl halides is 1. The predicted molar refractivity (Wildman–Crippen MR) is 105 cm³/mol. The Morgan fingerprint density at radius 3 is 2.08 bits per heavy atom. The molecular weight excluding hydrogens is 326 g/mol. The second-order valence-corrected chi connectivity index (χ2v) is 7.43. The first-order valence-electron chi connectivity index (χ1n) is 9.82. The second-order valence-electron chi connectivity index (χ2n) is 7.43. The molecule has 0 nitrogen and oxygen atoms in total. The van der Waals surface area contributed by atoms with E-state index in [1.807, 2.05) is 18.2 Å². The number of hydrogen-bond acceptors (Lipinski definition) is 0. The van der Waals surface area contributed by atoms with Crippen LogP contribution in [0, 0.1) is 17.7 Å². The fraction of sp³-hybridized carbons (Fsp3) is 0.417. The zero-order valence-corrected chi connectivity index (χ0v) is 15.3. The number of halogens is 2. The number of hydrogen-bond donors (Lipinski definition) is 0. The van der Waals surface area contributed by atoms with Gasteiger partial charge in [0.15, 0.2) is 0 Å². The maximum absolute atomic E-state index is 13.0. The van der Waals surface area contributed by atoms with Gasteiger partial charge >= 0.3 is 0 Å². The maximum Gasteiger partial charge on any atom is 0.123 e. The molecule has 2 aromatic rings. The van der Waals surface area contributed by atoms with Gasteiger partial charge in [0, 0.05) is 0 Å². The van der Waals surface area contributed by atoms with E-state index in [-0.39, 0.29) is 12.5 Å². The van der Waals surface area contributed by atoms with Crippen LogP contribution in [0.2, 0.25) is 0 Å². The summed E-state index contributed by atoms with van der Waals surface area (Å²) in [6, 6.07) is 15.3. The number of aryl methyl sites for hydroxylation is 1. The second kappa shape index (κ2) is 9.66. The molecule has 3 rings (SSSR count). The lowest BCUT2D eigenvalue weighted by Crippen LogP contribution is -2.13. The molecule has 0 atom stereocenters. The predicted octanol–water partition coefficient (Wildman–Crippen LogP) is 7.15. The van der Waals surface area contributed by atoms with E-state index in [4.69, 9.17) is 0 Å². The summed E-state index contributed by atoms with van der Waals surface area (Å²) in [7, 11) is 0. The van der Waals surface area contributed by atoms with Crippen LogP contribution < -0.4 is 0 Å². The standard InChI is InChI=1S/C24H28F2/c25-18-2-1-3-19-4-6-20(7-5-19)8-9-21-10-12-22(13-11-21)23-14-16-24(26)17-15-23/h1,3,10-17,19-20H,2,4-9,18H2/t19-,20-. The summed E-state index contributed by atoms with van der Waals surface area (Å²) < 4.78 is 25.2. The van der Waals surface area contributed by atoms with Gasteiger partial charge in [0.25, 0.3) is 0 Å². The molecule has 0 saturated heterocycles. The average molecular weight is 354 g/mol. The van der Waals surface area contributed by atoms with Crippen LogP contribution in [0.5, 0.6) is 0 Å². The molecule has 0 aromatic heterocycles. The van der Waals surface area contributed by atoms with Gasteiger partial charge in [-0.25, -0.2) is 4.39 Å². The third-order valence-corrected chi connectivity index (χ3v) is 5.55. The zero-order valence-electron chi connectivity index (χ0n) is 15.3. The van der Waals surface area contributed by atoms with E-state index in [1.165, 1.54) is 49.8 Å². The summed E-state index contributed by atoms with van der Waals surface area (Å²) >= 11 is 0. The smallest absolute Gasteiger partial charge is 0.123 e. The third-order valence-electron chi connectivity index (χ3n) is 5.55. The monoisotopic (exact) mass is 354 g/mol. The van der Waals surface area contributed by atoms with Crippen molar-refractivity contribution in [1.29, 1.82) is 0 Å². The molecule has 2 heteroatoms. The minimum Gasteiger partial charge on any atom is -0.251 e. The van der Waals surface area contributed by atoms with E-state index < -0.39 is 0 Å². The summed E-state index contributed by atoms with van der Waals surface area (Å²) in [5.74, 6) is 1.28. The largest absolute Gasteiger partial charge is 0.251 e. The Kier molecular flexibility index (Phi) is 6.99. The van der Waals surface area contributed by atoms with E-state index in [9.17, 15) is 8.78 Å². The highest BCUT2D eigenvalue weighted by atomic mass is 19.1. The van der Waals surface area contributed by atoms with Gasteiger partial charge < -0.3 is 0 Å². The van der Waals surface area contributed by atoms with Gasteiger partial charge in [-0.1, -0.05) is 48.6 Å². The normalized spacial score (nSPS) is 20.5. The summed E-state index contributed by atoms with van der Waals surface area (Å²) in [4.78, 5) is 0. The Labute approximate surface area is 156 Å². The van der Waals surface area contributed by atoms with Crippen LogP contribution in [0.4, 0.5) is 8.78 Å². The Bertz CT molecular complexity index is 677. The van der Waals surface area contributed by atoms with E-state index in [2.05, 4.69) is 30.3 Å². The lowest BCUT2D eigenvalue weighted by atomic mass is 9.79. The van der Waals surface area contributed by atoms with E-state index in [0.717, 1.165) is 23.5 Å². The van der Waals surface area contributed by atoms with Crippen LogP contribution in [0.1, 0.15) is 44.1 Å². The Morgan fingerprint density at radius 2 is 1.46 bits per heavy atom. The fourth-order valence-corrected chi connectivity index (χ4v) is 3.90. The van der Waals surface area contributed by atoms with Gasteiger partial charge in [0.05, 0.1) is 6.67 Å². The molecule has 1 fully saturated rings. The molecule has 0 N–H and O–H groups in total. The van der Waals surface area contributed by atoms with Crippen molar-refractivity contribution < 1.29 is 8.78 Å². The number of rotatable bonds is 7. The van der Waals surface area contributed by atoms with Crippen molar-refractivity contribution in [3.63, 3.8) is 0 Å². The van der Waals surface area contributed by atoms with Crippen LogP contribution in [0.25, 0.3) is 11.1 Å². The zero-order chi connectivity index (χ0) is 18.2. The number of allylic oxidation sites excluding steroid dienone is 2. The van der Waals surface area contributed by atoms with Gasteiger partial charge in [0.1, 0.15) is 5.82 Å². The first kappa shape index (κ1) is 18.8. The maximum atomic E-state index is 13.0. The van der Waals surface area contributed by atoms with Crippen LogP contribution in [0.15, 0.2) is 60.7 Å². The minimum atomic E-state index is -0.244. The molecule has 2 aromatic carbocycles. The molecule has 0 amide bonds. The van der Waals surface area contributed by atoms with Crippen LogP contribution in [-0.4, -0.2) is 6.67 Å². The Morgan fingerprint density at radius 1 is 0.846 bits per heavy atom. The van der Waals surface area contributed by atoms with Crippen molar-refractivity contribution in [3.05, 3.63) is 72.1 Å². The highest BCUT2D eigenvalue weighted by molar-refractivity contribution is 5.63. The molecule has 0 radical (unpaired) electrons. The van der Waals surface area contributed by atoms with Gasteiger partial charge in [-0.2, -0.15) is 0 Å². The fourth-order valence-electron chi connectivity index (χ4n) is 3.90. The molecule has 0 spiro atoms. The Balaban J connectivity index is 1.45. The van der Waals surface area contributed by atoms with Gasteiger partial charge in [-0.15, -0.1) is 0 Å². The highest BCUT2D eigenvalue weighted by Gasteiger charge is 2.19. The average Bonchev–Trinajstić information content (AvgIpc) is 2.69. The SMILES string of the molecule is FCCC=C[C@H]1CC[C@H](CCc2ccc(-c3ccc(F)cc3)cc2)CC1. The van der Waals surface area contributed by atoms with Gasteiger partial charge in [-0.3, -0.25) is 4.39 Å². The van der Waals surface area contributed by atoms with Crippen molar-refractivity contribution in [2.24, 2.45) is 11.8 Å². The van der Waals surface area contributed by atoms with Crippen LogP contribution >= 0.6 is 0 Å². The Hall–Kier alpha value is -1.96. The van der Waals surface area contributed by atoms with Crippen molar-refractivity contribution in [2.75, 3.05) is 6.67 Å². The summed E-state index contributed by atoms with van der Waals surface area (Å²) in [5, 5.41) is 0. The third kappa shape index (κ3) is 5.52. The summed E-state index contributed by atoms with van der Waals surface area (Å²) in [6.45, 7) is -0.244. The molecule has 1 aliphatic carbocycles. The molecule has 0 heterocycles. The summed E-state index contributed by atoms with van der Waals surface area (Å²) in [6.07, 6.45) is 12.2. The lowest BCUT2D eigenvalue weighted by molar-refractivity contribution is 0.296. The van der Waals surface area contributed by atoms with Crippen LogP contribution in [-0.2, 0) is 6.42 Å². The van der Waals surface area contributed by atoms with E-state index in [0.29, 0.717) is 12.3 Å². The van der Waals surface area contributed by atoms with Crippen LogP contribution in [0.3, 0.4) is 0 Å². The van der Waals surface area contributed by atoms with Crippen molar-refractivity contribution in [3.8, 4) is 11.1 Å². The van der Waals surface area contributed by atoms with E-state index >= 15 is 0 Å². The molecule has 0 unspecified atom stereocenters. The first-order chi connectivity index (χ1) is 12.7. The topological polar surface area (TPSA) is 0 Å². The molecule has 0 bridgehead atoms. The quantitative estimate of drug-likeness (QED) is 0.463. The highest BCUT2D eigenvalue weighted by Crippen LogP contribution is 2.32. The van der Waals surface area contributed by atoms with Gasteiger partial charge in [0.2, 0.25) is 0 Å². The van der Waals surface area contributed by atoms with Gasteiger partial charge in [-0.05, 0) is 85.6 Å². The van der Waals surface area contributed by atoms with E-state index in [1.54, 1.807) is 0 Å². The summed E-state index contributed by atoms with van der Waals surface area (Å²) in [5.41, 5.74) is 3.56. The van der Waals surface area contributed by atoms with Crippen molar-refractivity contribution in [1.82, 2.24) is 0 Å². The van der Waals surface area contributed by atoms with Crippen molar-refractivity contribution >= 4 is 0 Å². The van der Waals surface area contributed by atoms with Crippen molar-refractivity contribution in [2.45, 2.75) is 44.9 Å². The molecule has 138 valence electrons.